The summed E-state index contributed by atoms with van der Waals surface area (Å²) in [6.45, 7) is 0. The Labute approximate surface area is 93.1 Å². The van der Waals surface area contributed by atoms with Crippen LogP contribution in [-0.4, -0.2) is 17.1 Å². The highest BCUT2D eigenvalue weighted by Gasteiger charge is 2.07. The third kappa shape index (κ3) is 1.88. The molecule has 2 aromatic rings. The maximum atomic E-state index is 5.62. The van der Waals surface area contributed by atoms with Crippen LogP contribution in [-0.2, 0) is 0 Å². The molecule has 5 nitrogen and oxygen atoms in total. The van der Waals surface area contributed by atoms with Crippen LogP contribution in [0.4, 0.5) is 11.8 Å². The van der Waals surface area contributed by atoms with Gasteiger partial charge in [-0.15, -0.1) is 0 Å². The van der Waals surface area contributed by atoms with Crippen molar-refractivity contribution < 1.29 is 4.74 Å². The molecule has 1 aromatic heterocycles. The summed E-state index contributed by atoms with van der Waals surface area (Å²) in [5.74, 6) is 1.22. The van der Waals surface area contributed by atoms with Gasteiger partial charge >= 0.3 is 0 Å². The third-order valence-electron chi connectivity index (χ3n) is 2.15. The largest absolute Gasteiger partial charge is 0.496 e. The lowest BCUT2D eigenvalue weighted by Crippen LogP contribution is -2.01. The topological polar surface area (TPSA) is 87.0 Å². The fourth-order valence-corrected chi connectivity index (χ4v) is 1.48. The molecule has 2 rings (SSSR count). The van der Waals surface area contributed by atoms with Crippen LogP contribution >= 0.6 is 0 Å². The van der Waals surface area contributed by atoms with Gasteiger partial charge in [0.1, 0.15) is 11.6 Å². The average molecular weight is 216 g/mol. The molecule has 1 aromatic carbocycles. The van der Waals surface area contributed by atoms with Gasteiger partial charge in [0.2, 0.25) is 5.95 Å². The Morgan fingerprint density at radius 2 is 1.88 bits per heavy atom. The van der Waals surface area contributed by atoms with Gasteiger partial charge in [0.05, 0.1) is 12.8 Å². The smallest absolute Gasteiger partial charge is 0.222 e. The van der Waals surface area contributed by atoms with E-state index in [1.54, 1.807) is 13.2 Å². The molecule has 0 amide bonds. The summed E-state index contributed by atoms with van der Waals surface area (Å²) < 4.78 is 5.24. The van der Waals surface area contributed by atoms with E-state index in [0.717, 1.165) is 11.3 Å². The standard InChI is InChI=1S/C11H12N4O/c1-16-9-5-3-2-4-7(9)8-6-10(12)15-11(13)14-8/h2-6H,1H3,(H4,12,13,14,15). The molecule has 0 radical (unpaired) electrons. The summed E-state index contributed by atoms with van der Waals surface area (Å²) in [6, 6.07) is 9.18. The predicted octanol–water partition coefficient (Wildman–Crippen LogP) is 1.32. The predicted molar refractivity (Wildman–Crippen MR) is 62.8 cm³/mol. The lowest BCUT2D eigenvalue weighted by atomic mass is 10.1. The van der Waals surface area contributed by atoms with Crippen molar-refractivity contribution in [2.45, 2.75) is 0 Å². The molecule has 4 N–H and O–H groups in total. The first-order valence-corrected chi connectivity index (χ1v) is 4.74. The van der Waals surface area contributed by atoms with E-state index in [9.17, 15) is 0 Å². The third-order valence-corrected chi connectivity index (χ3v) is 2.15. The van der Waals surface area contributed by atoms with Crippen LogP contribution in [0.5, 0.6) is 5.75 Å². The van der Waals surface area contributed by atoms with Crippen LogP contribution in [0.15, 0.2) is 30.3 Å². The molecular formula is C11H12N4O. The Kier molecular flexibility index (Phi) is 2.59. The van der Waals surface area contributed by atoms with Crippen LogP contribution in [0.2, 0.25) is 0 Å². The van der Waals surface area contributed by atoms with E-state index >= 15 is 0 Å². The molecule has 0 aliphatic heterocycles. The Hall–Kier alpha value is -2.30. The summed E-state index contributed by atoms with van der Waals surface area (Å²) >= 11 is 0. The van der Waals surface area contributed by atoms with Gasteiger partial charge in [-0.05, 0) is 12.1 Å². The Morgan fingerprint density at radius 3 is 2.56 bits per heavy atom. The molecular weight excluding hydrogens is 204 g/mol. The number of methoxy groups -OCH3 is 1. The number of nitrogen functional groups attached to an aromatic ring is 2. The van der Waals surface area contributed by atoms with Crippen molar-refractivity contribution in [2.75, 3.05) is 18.6 Å². The Morgan fingerprint density at radius 1 is 1.12 bits per heavy atom. The lowest BCUT2D eigenvalue weighted by molar-refractivity contribution is 0.416. The second-order valence-corrected chi connectivity index (χ2v) is 3.24. The molecule has 0 bridgehead atoms. The number of anilines is 2. The number of benzene rings is 1. The second-order valence-electron chi connectivity index (χ2n) is 3.24. The second kappa shape index (κ2) is 4.06. The number of nitrogens with zero attached hydrogens (tertiary/aromatic N) is 2. The van der Waals surface area contributed by atoms with Crippen LogP contribution < -0.4 is 16.2 Å². The SMILES string of the molecule is COc1ccccc1-c1cc(N)nc(N)n1. The first-order valence-electron chi connectivity index (χ1n) is 4.74. The van der Waals surface area contributed by atoms with Crippen molar-refractivity contribution in [1.29, 1.82) is 0 Å². The number of para-hydroxylation sites is 1. The van der Waals surface area contributed by atoms with Gasteiger partial charge in [0, 0.05) is 11.6 Å². The fraction of sp³-hybridized carbons (Fsp3) is 0.0909. The zero-order chi connectivity index (χ0) is 11.5. The first kappa shape index (κ1) is 10.2. The number of hydrogen-bond donors (Lipinski definition) is 2. The molecule has 1 heterocycles. The minimum absolute atomic E-state index is 0.154. The van der Waals surface area contributed by atoms with Gasteiger partial charge in [0.25, 0.3) is 0 Å². The van der Waals surface area contributed by atoms with Crippen LogP contribution in [0.1, 0.15) is 0 Å². The van der Waals surface area contributed by atoms with Crippen molar-refractivity contribution in [2.24, 2.45) is 0 Å². The zero-order valence-electron chi connectivity index (χ0n) is 8.84. The molecule has 0 aliphatic rings. The normalized spacial score (nSPS) is 10.1. The summed E-state index contributed by atoms with van der Waals surface area (Å²) in [7, 11) is 1.60. The van der Waals surface area contributed by atoms with Crippen molar-refractivity contribution in [3.05, 3.63) is 30.3 Å². The minimum Gasteiger partial charge on any atom is -0.496 e. The van der Waals surface area contributed by atoms with Crippen LogP contribution in [0, 0.1) is 0 Å². The molecule has 16 heavy (non-hydrogen) atoms. The van der Waals surface area contributed by atoms with Crippen molar-refractivity contribution in [3.8, 4) is 17.0 Å². The number of rotatable bonds is 2. The molecule has 0 spiro atoms. The quantitative estimate of drug-likeness (QED) is 0.790. The zero-order valence-corrected chi connectivity index (χ0v) is 8.84. The number of ether oxygens (including phenoxy) is 1. The van der Waals surface area contributed by atoms with Gasteiger partial charge in [-0.25, -0.2) is 4.98 Å². The van der Waals surface area contributed by atoms with E-state index < -0.39 is 0 Å². The van der Waals surface area contributed by atoms with E-state index in [1.165, 1.54) is 0 Å². The fourth-order valence-electron chi connectivity index (χ4n) is 1.48. The Balaban J connectivity index is 2.58. The highest BCUT2D eigenvalue weighted by atomic mass is 16.5. The summed E-state index contributed by atoms with van der Waals surface area (Å²) in [5.41, 5.74) is 12.7. The van der Waals surface area contributed by atoms with Gasteiger partial charge < -0.3 is 16.2 Å². The van der Waals surface area contributed by atoms with Crippen molar-refractivity contribution in [3.63, 3.8) is 0 Å². The summed E-state index contributed by atoms with van der Waals surface area (Å²) in [5, 5.41) is 0. The van der Waals surface area contributed by atoms with E-state index in [2.05, 4.69) is 9.97 Å². The Bertz CT molecular complexity index is 493. The molecule has 0 unspecified atom stereocenters. The van der Waals surface area contributed by atoms with Gasteiger partial charge in [-0.3, -0.25) is 0 Å². The summed E-state index contributed by atoms with van der Waals surface area (Å²) in [6.07, 6.45) is 0. The molecule has 0 saturated carbocycles. The number of aromatic nitrogens is 2. The lowest BCUT2D eigenvalue weighted by Gasteiger charge is -2.08. The molecule has 0 fully saturated rings. The number of hydrogen-bond acceptors (Lipinski definition) is 5. The number of nitrogens with two attached hydrogens (primary N) is 2. The van der Waals surface area contributed by atoms with E-state index in [0.29, 0.717) is 11.5 Å². The molecule has 0 saturated heterocycles. The van der Waals surface area contributed by atoms with E-state index in [-0.39, 0.29) is 5.95 Å². The van der Waals surface area contributed by atoms with Gasteiger partial charge in [-0.1, -0.05) is 12.1 Å². The molecule has 5 heteroatoms. The van der Waals surface area contributed by atoms with Crippen molar-refractivity contribution >= 4 is 11.8 Å². The van der Waals surface area contributed by atoms with E-state index in [1.807, 2.05) is 24.3 Å². The molecule has 82 valence electrons. The highest BCUT2D eigenvalue weighted by Crippen LogP contribution is 2.28. The molecule has 0 aliphatic carbocycles. The van der Waals surface area contributed by atoms with Gasteiger partial charge in [-0.2, -0.15) is 4.98 Å². The molecule has 0 atom stereocenters. The van der Waals surface area contributed by atoms with Gasteiger partial charge in [0.15, 0.2) is 0 Å². The highest BCUT2D eigenvalue weighted by molar-refractivity contribution is 5.69. The maximum Gasteiger partial charge on any atom is 0.222 e. The van der Waals surface area contributed by atoms with E-state index in [4.69, 9.17) is 16.2 Å². The maximum absolute atomic E-state index is 5.62. The summed E-state index contributed by atoms with van der Waals surface area (Å²) in [4.78, 5) is 7.94. The average Bonchev–Trinajstić information content (AvgIpc) is 2.27. The van der Waals surface area contributed by atoms with Crippen molar-refractivity contribution in [1.82, 2.24) is 9.97 Å². The van der Waals surface area contributed by atoms with Crippen LogP contribution in [0.3, 0.4) is 0 Å². The minimum atomic E-state index is 0.154. The van der Waals surface area contributed by atoms with Crippen LogP contribution in [0.25, 0.3) is 11.3 Å². The first-order chi connectivity index (χ1) is 7.70. The monoisotopic (exact) mass is 216 g/mol.